The molecule has 1 aliphatic heterocycles. The Kier molecular flexibility index (Phi) is 6.58. The first kappa shape index (κ1) is 25.5. The maximum Gasteiger partial charge on any atom is 0.178 e. The number of carbonyl (C=O) groups excluding carboxylic acids is 1. The normalized spacial score (nSPS) is 17.5. The molecule has 10 heteroatoms. The van der Waals surface area contributed by atoms with Crippen LogP contribution in [0.25, 0.3) is 22.4 Å². The van der Waals surface area contributed by atoms with Crippen molar-refractivity contribution in [1.82, 2.24) is 24.3 Å². The number of aryl methyl sites for hydroxylation is 3. The maximum absolute atomic E-state index is 15.8. The Morgan fingerprint density at radius 2 is 2.00 bits per heavy atom. The van der Waals surface area contributed by atoms with Crippen LogP contribution in [-0.2, 0) is 23.0 Å². The average molecular weight is 533 g/mol. The lowest BCUT2D eigenvalue weighted by atomic mass is 10.1. The van der Waals surface area contributed by atoms with Gasteiger partial charge in [-0.15, -0.1) is 0 Å². The van der Waals surface area contributed by atoms with E-state index in [9.17, 15) is 4.79 Å². The van der Waals surface area contributed by atoms with Crippen LogP contribution in [0, 0.1) is 25.6 Å². The topological polar surface area (TPSA) is 96.1 Å². The summed E-state index contributed by atoms with van der Waals surface area (Å²) in [5.74, 6) is 0.672. The van der Waals surface area contributed by atoms with E-state index in [1.54, 1.807) is 23.9 Å². The van der Waals surface area contributed by atoms with Crippen LogP contribution in [0.15, 0.2) is 24.4 Å². The summed E-state index contributed by atoms with van der Waals surface area (Å²) in [5, 5.41) is 7.77. The van der Waals surface area contributed by atoms with Crippen molar-refractivity contribution in [3.8, 4) is 17.0 Å². The van der Waals surface area contributed by atoms with E-state index in [1.165, 1.54) is 7.11 Å². The van der Waals surface area contributed by atoms with Crippen molar-refractivity contribution < 1.29 is 18.7 Å². The van der Waals surface area contributed by atoms with Gasteiger partial charge in [-0.05, 0) is 69.7 Å². The molecule has 0 bridgehead atoms. The molecule has 4 aromatic rings. The van der Waals surface area contributed by atoms with Gasteiger partial charge in [0, 0.05) is 37.8 Å². The number of ketones is 1. The number of benzene rings is 1. The van der Waals surface area contributed by atoms with Crippen molar-refractivity contribution in [3.63, 3.8) is 0 Å². The van der Waals surface area contributed by atoms with Crippen LogP contribution in [-0.4, -0.2) is 43.8 Å². The van der Waals surface area contributed by atoms with Crippen LogP contribution in [0.3, 0.4) is 0 Å². The highest BCUT2D eigenvalue weighted by atomic mass is 19.1. The van der Waals surface area contributed by atoms with Gasteiger partial charge in [0.15, 0.2) is 17.2 Å². The molecule has 1 N–H and O–H groups in total. The van der Waals surface area contributed by atoms with E-state index in [1.807, 2.05) is 30.7 Å². The summed E-state index contributed by atoms with van der Waals surface area (Å²) in [6.07, 6.45) is 6.78. The number of ether oxygens (including phenoxy) is 2. The second-order valence-corrected chi connectivity index (χ2v) is 10.6. The molecule has 2 fully saturated rings. The van der Waals surface area contributed by atoms with Gasteiger partial charge in [0.25, 0.3) is 0 Å². The summed E-state index contributed by atoms with van der Waals surface area (Å²) in [7, 11) is 3.25. The molecular weight excluding hydrogens is 499 g/mol. The van der Waals surface area contributed by atoms with Gasteiger partial charge in [0.2, 0.25) is 0 Å². The number of imidazole rings is 1. The van der Waals surface area contributed by atoms with Crippen LogP contribution in [0.5, 0.6) is 5.75 Å². The number of rotatable bonds is 8. The fourth-order valence-electron chi connectivity index (χ4n) is 5.47. The molecule has 2 aliphatic rings. The standard InChI is InChI=1S/C29H33FN6O3/c1-16-15-35(3)34-26(16)20-10-11-21(28(38-4)25(20)30)33-22-13-19(14-23(37)18-8-9-18)32-29-27(22)31-17(2)36(29)24-7-5-6-12-39-24/h10-11,13,15,18,24H,5-9,12,14H2,1-4H3,(H,32,33). The minimum absolute atomic E-state index is 0.0740. The lowest BCUT2D eigenvalue weighted by Crippen LogP contribution is -2.19. The molecule has 0 amide bonds. The molecule has 1 unspecified atom stereocenters. The predicted molar refractivity (Wildman–Crippen MR) is 146 cm³/mol. The first-order valence-corrected chi connectivity index (χ1v) is 13.5. The summed E-state index contributed by atoms with van der Waals surface area (Å²) in [5.41, 5.74) is 4.82. The van der Waals surface area contributed by atoms with Crippen molar-refractivity contribution in [2.45, 2.75) is 58.6 Å². The van der Waals surface area contributed by atoms with Crippen LogP contribution < -0.4 is 10.1 Å². The number of carbonyl (C=O) groups is 1. The Bertz CT molecular complexity index is 1570. The number of pyridine rings is 1. The zero-order valence-corrected chi connectivity index (χ0v) is 22.8. The molecule has 1 saturated carbocycles. The lowest BCUT2D eigenvalue weighted by molar-refractivity contribution is -0.119. The number of fused-ring (bicyclic) bond motifs is 1. The smallest absolute Gasteiger partial charge is 0.178 e. The first-order chi connectivity index (χ1) is 18.8. The summed E-state index contributed by atoms with van der Waals surface area (Å²) in [6.45, 7) is 4.52. The third-order valence-corrected chi connectivity index (χ3v) is 7.55. The number of nitrogens with zero attached hydrogens (tertiary/aromatic N) is 5. The Hall–Kier alpha value is -3.79. The first-order valence-electron chi connectivity index (χ1n) is 13.5. The summed E-state index contributed by atoms with van der Waals surface area (Å²) < 4.78 is 31.1. The molecule has 3 aromatic heterocycles. The largest absolute Gasteiger partial charge is 0.492 e. The molecule has 0 spiro atoms. The third-order valence-electron chi connectivity index (χ3n) is 7.55. The molecule has 0 radical (unpaired) electrons. The third kappa shape index (κ3) is 4.78. The summed E-state index contributed by atoms with van der Waals surface area (Å²) in [6, 6.07) is 5.32. The van der Waals surface area contributed by atoms with Gasteiger partial charge >= 0.3 is 0 Å². The number of halogens is 1. The highest BCUT2D eigenvalue weighted by Gasteiger charge is 2.30. The van der Waals surface area contributed by atoms with E-state index in [4.69, 9.17) is 19.4 Å². The van der Waals surface area contributed by atoms with Crippen molar-refractivity contribution >= 4 is 28.3 Å². The molecule has 1 aliphatic carbocycles. The number of nitrogens with one attached hydrogen (secondary N) is 1. The molecule has 1 saturated heterocycles. The molecule has 1 aromatic carbocycles. The summed E-state index contributed by atoms with van der Waals surface area (Å²) >= 11 is 0. The monoisotopic (exact) mass is 532 g/mol. The van der Waals surface area contributed by atoms with E-state index in [2.05, 4.69) is 10.4 Å². The number of hydrogen-bond acceptors (Lipinski definition) is 7. The SMILES string of the molecule is COc1c(Nc2cc(CC(=O)C3CC3)nc3c2nc(C)n3C2CCCCO2)ccc(-c2nn(C)cc2C)c1F. The Morgan fingerprint density at radius 1 is 1.18 bits per heavy atom. The van der Waals surface area contributed by atoms with Gasteiger partial charge in [-0.25, -0.2) is 14.4 Å². The van der Waals surface area contributed by atoms with Crippen LogP contribution >= 0.6 is 0 Å². The van der Waals surface area contributed by atoms with Gasteiger partial charge in [0.1, 0.15) is 23.4 Å². The van der Waals surface area contributed by atoms with Crippen molar-refractivity contribution in [1.29, 1.82) is 0 Å². The van der Waals surface area contributed by atoms with Crippen LogP contribution in [0.4, 0.5) is 15.8 Å². The van der Waals surface area contributed by atoms with Crippen LogP contribution in [0.2, 0.25) is 0 Å². The predicted octanol–water partition coefficient (Wildman–Crippen LogP) is 5.56. The van der Waals surface area contributed by atoms with E-state index in [0.29, 0.717) is 46.1 Å². The fourth-order valence-corrected chi connectivity index (χ4v) is 5.47. The van der Waals surface area contributed by atoms with Gasteiger partial charge in [-0.2, -0.15) is 5.10 Å². The Morgan fingerprint density at radius 3 is 2.67 bits per heavy atom. The molecule has 6 rings (SSSR count). The molecular formula is C29H33FN6O3. The quantitative estimate of drug-likeness (QED) is 0.317. The van der Waals surface area contributed by atoms with Gasteiger partial charge in [-0.1, -0.05) is 0 Å². The lowest BCUT2D eigenvalue weighted by Gasteiger charge is -2.25. The minimum Gasteiger partial charge on any atom is -0.492 e. The average Bonchev–Trinajstić information content (AvgIpc) is 3.64. The second kappa shape index (κ2) is 10.1. The second-order valence-electron chi connectivity index (χ2n) is 10.6. The van der Waals surface area contributed by atoms with E-state index >= 15 is 4.39 Å². The van der Waals surface area contributed by atoms with Gasteiger partial charge in [0.05, 0.1) is 29.9 Å². The molecule has 39 heavy (non-hydrogen) atoms. The van der Waals surface area contributed by atoms with Crippen molar-refractivity contribution in [3.05, 3.63) is 47.3 Å². The van der Waals surface area contributed by atoms with E-state index in [-0.39, 0.29) is 30.1 Å². The highest BCUT2D eigenvalue weighted by molar-refractivity contribution is 5.92. The van der Waals surface area contributed by atoms with Gasteiger partial charge in [-0.3, -0.25) is 14.0 Å². The zero-order valence-electron chi connectivity index (χ0n) is 22.8. The molecule has 4 heterocycles. The molecule has 1 atom stereocenters. The number of aromatic nitrogens is 5. The Labute approximate surface area is 226 Å². The molecule has 9 nitrogen and oxygen atoms in total. The van der Waals surface area contributed by atoms with Crippen molar-refractivity contribution in [2.24, 2.45) is 13.0 Å². The Balaban J connectivity index is 1.44. The number of hydrogen-bond donors (Lipinski definition) is 1. The van der Waals surface area contributed by atoms with Gasteiger partial charge < -0.3 is 14.8 Å². The zero-order chi connectivity index (χ0) is 27.3. The maximum atomic E-state index is 15.8. The van der Waals surface area contributed by atoms with Crippen molar-refractivity contribution in [2.75, 3.05) is 19.0 Å². The molecule has 204 valence electrons. The van der Waals surface area contributed by atoms with E-state index in [0.717, 1.165) is 43.5 Å². The number of methoxy groups -OCH3 is 1. The number of Topliss-reactive ketones (excluding diaryl/α,β-unsaturated/α-hetero) is 1. The van der Waals surface area contributed by atoms with Crippen LogP contribution in [0.1, 0.15) is 55.4 Å². The highest BCUT2D eigenvalue weighted by Crippen LogP contribution is 2.39. The number of anilines is 2. The summed E-state index contributed by atoms with van der Waals surface area (Å²) in [4.78, 5) is 22.5. The fraction of sp³-hybridized carbons (Fsp3) is 0.448. The van der Waals surface area contributed by atoms with E-state index < -0.39 is 5.82 Å². The minimum atomic E-state index is -0.504.